The van der Waals surface area contributed by atoms with Crippen molar-refractivity contribution in [2.75, 3.05) is 26.7 Å². The first kappa shape index (κ1) is 18.3. The van der Waals surface area contributed by atoms with Gasteiger partial charge in [-0.15, -0.1) is 0 Å². The fourth-order valence-electron chi connectivity index (χ4n) is 2.97. The second-order valence-electron chi connectivity index (χ2n) is 6.63. The zero-order valence-electron chi connectivity index (χ0n) is 14.5. The van der Waals surface area contributed by atoms with E-state index in [1.807, 2.05) is 36.4 Å². The highest BCUT2D eigenvalue weighted by atomic mass is 16.5. The standard InChI is InChI=1S/C20H27NO3/c1-21(15-10-11-18(17-21)20(22)23)14-8-3-2-4-9-16-24-19-12-6-5-7-13-19/h5-7,10-13,15H,2-4,8-9,14,16-17H2,1H3/p+1. The third-order valence-electron chi connectivity index (χ3n) is 4.37. The fourth-order valence-corrected chi connectivity index (χ4v) is 2.97. The van der Waals surface area contributed by atoms with Gasteiger partial charge in [0.05, 0.1) is 32.0 Å². The number of unbranched alkanes of at least 4 members (excludes halogenated alkanes) is 4. The molecule has 1 aromatic carbocycles. The molecular formula is C20H28NO3+. The molecule has 0 saturated carbocycles. The molecule has 1 unspecified atom stereocenters. The number of carbonyl (C=O) groups is 1. The molecule has 4 heteroatoms. The van der Waals surface area contributed by atoms with Gasteiger partial charge in [-0.05, 0) is 43.5 Å². The zero-order chi connectivity index (χ0) is 17.3. The summed E-state index contributed by atoms with van der Waals surface area (Å²) in [6.45, 7) is 2.34. The van der Waals surface area contributed by atoms with Crippen molar-refractivity contribution in [1.29, 1.82) is 0 Å². The van der Waals surface area contributed by atoms with Crippen LogP contribution in [0.4, 0.5) is 0 Å². The van der Waals surface area contributed by atoms with Crippen LogP contribution in [0.3, 0.4) is 0 Å². The first-order valence-corrected chi connectivity index (χ1v) is 8.73. The van der Waals surface area contributed by atoms with E-state index >= 15 is 0 Å². The van der Waals surface area contributed by atoms with Crippen molar-refractivity contribution in [3.8, 4) is 5.75 Å². The maximum Gasteiger partial charge on any atom is 0.337 e. The van der Waals surface area contributed by atoms with E-state index in [1.54, 1.807) is 6.08 Å². The molecule has 0 amide bonds. The number of ether oxygens (including phenoxy) is 1. The number of quaternary nitrogens is 1. The molecule has 0 saturated heterocycles. The number of para-hydroxylation sites is 1. The maximum atomic E-state index is 11.1. The molecule has 1 atom stereocenters. The molecule has 0 spiro atoms. The van der Waals surface area contributed by atoms with E-state index < -0.39 is 5.97 Å². The second kappa shape index (κ2) is 9.28. The normalized spacial score (nSPS) is 19.8. The van der Waals surface area contributed by atoms with Crippen molar-refractivity contribution in [3.63, 3.8) is 0 Å². The lowest BCUT2D eigenvalue weighted by molar-refractivity contribution is -0.855. The van der Waals surface area contributed by atoms with Crippen LogP contribution in [-0.2, 0) is 4.79 Å². The van der Waals surface area contributed by atoms with Gasteiger partial charge >= 0.3 is 5.97 Å². The van der Waals surface area contributed by atoms with Crippen LogP contribution < -0.4 is 4.74 Å². The van der Waals surface area contributed by atoms with E-state index in [9.17, 15) is 4.79 Å². The van der Waals surface area contributed by atoms with Gasteiger partial charge in [0.2, 0.25) is 0 Å². The van der Waals surface area contributed by atoms with Gasteiger partial charge in [-0.3, -0.25) is 4.48 Å². The first-order chi connectivity index (χ1) is 11.6. The predicted octanol–water partition coefficient (Wildman–Crippen LogP) is 4.00. The maximum absolute atomic E-state index is 11.1. The number of benzene rings is 1. The summed E-state index contributed by atoms with van der Waals surface area (Å²) < 4.78 is 6.37. The van der Waals surface area contributed by atoms with E-state index in [-0.39, 0.29) is 0 Å². The highest BCUT2D eigenvalue weighted by molar-refractivity contribution is 5.87. The number of rotatable bonds is 10. The molecule has 24 heavy (non-hydrogen) atoms. The number of carboxylic acids is 1. The van der Waals surface area contributed by atoms with Crippen LogP contribution in [0.1, 0.15) is 32.1 Å². The number of hydrogen-bond donors (Lipinski definition) is 1. The Morgan fingerprint density at radius 3 is 2.58 bits per heavy atom. The average molecular weight is 330 g/mol. The number of nitrogens with zero attached hydrogens (tertiary/aromatic N) is 1. The minimum Gasteiger partial charge on any atom is -0.494 e. The molecule has 0 radical (unpaired) electrons. The van der Waals surface area contributed by atoms with E-state index in [0.29, 0.717) is 16.6 Å². The summed E-state index contributed by atoms with van der Waals surface area (Å²) in [5.74, 6) is 0.135. The van der Waals surface area contributed by atoms with Crippen LogP contribution in [0.25, 0.3) is 0 Å². The SMILES string of the molecule is C[N+]1(CCCCCCCOc2ccccc2)C=CC=C(C(=O)O)C1. The van der Waals surface area contributed by atoms with Gasteiger partial charge in [0, 0.05) is 0 Å². The van der Waals surface area contributed by atoms with Gasteiger partial charge in [-0.25, -0.2) is 4.79 Å². The Hall–Kier alpha value is -2.07. The lowest BCUT2D eigenvalue weighted by Gasteiger charge is -2.32. The van der Waals surface area contributed by atoms with Crippen LogP contribution in [-0.4, -0.2) is 42.3 Å². The average Bonchev–Trinajstić information content (AvgIpc) is 2.58. The number of likely N-dealkylation sites (N-methyl/N-ethyl adjacent to an activating group) is 1. The molecule has 130 valence electrons. The van der Waals surface area contributed by atoms with Crippen molar-refractivity contribution in [3.05, 3.63) is 54.3 Å². The summed E-state index contributed by atoms with van der Waals surface area (Å²) >= 11 is 0. The summed E-state index contributed by atoms with van der Waals surface area (Å²) in [5, 5.41) is 9.12. The third-order valence-corrected chi connectivity index (χ3v) is 4.37. The van der Waals surface area contributed by atoms with Gasteiger partial charge < -0.3 is 9.84 Å². The van der Waals surface area contributed by atoms with Crippen molar-refractivity contribution < 1.29 is 19.1 Å². The lowest BCUT2D eigenvalue weighted by Crippen LogP contribution is -2.43. The smallest absolute Gasteiger partial charge is 0.337 e. The molecule has 4 nitrogen and oxygen atoms in total. The third kappa shape index (κ3) is 6.20. The second-order valence-corrected chi connectivity index (χ2v) is 6.63. The number of aliphatic carboxylic acids is 1. The Kier molecular flexibility index (Phi) is 7.07. The Morgan fingerprint density at radius 2 is 1.83 bits per heavy atom. The van der Waals surface area contributed by atoms with Gasteiger partial charge in [0.25, 0.3) is 0 Å². The fraction of sp³-hybridized carbons (Fsp3) is 0.450. The molecule has 1 aromatic rings. The van der Waals surface area contributed by atoms with Crippen molar-refractivity contribution in [2.24, 2.45) is 0 Å². The van der Waals surface area contributed by atoms with Crippen LogP contribution >= 0.6 is 0 Å². The summed E-state index contributed by atoms with van der Waals surface area (Å²) in [5.41, 5.74) is 0.498. The topological polar surface area (TPSA) is 46.5 Å². The molecule has 1 aliphatic rings. The van der Waals surface area contributed by atoms with Gasteiger partial charge in [0.1, 0.15) is 12.3 Å². The summed E-state index contributed by atoms with van der Waals surface area (Å²) in [7, 11) is 2.10. The molecule has 0 fully saturated rings. The minimum absolute atomic E-state index is 0.498. The quantitative estimate of drug-likeness (QED) is 0.521. The highest BCUT2D eigenvalue weighted by Gasteiger charge is 2.25. The molecule has 1 N–H and O–H groups in total. The van der Waals surface area contributed by atoms with Crippen molar-refractivity contribution in [1.82, 2.24) is 0 Å². The van der Waals surface area contributed by atoms with E-state index in [0.717, 1.165) is 31.7 Å². The summed E-state index contributed by atoms with van der Waals surface area (Å²) in [6.07, 6.45) is 11.4. The van der Waals surface area contributed by atoms with Crippen molar-refractivity contribution in [2.45, 2.75) is 32.1 Å². The summed E-state index contributed by atoms with van der Waals surface area (Å²) in [4.78, 5) is 11.1. The Morgan fingerprint density at radius 1 is 1.12 bits per heavy atom. The molecule has 2 rings (SSSR count). The number of carboxylic acid groups (broad SMARTS) is 1. The largest absolute Gasteiger partial charge is 0.494 e. The minimum atomic E-state index is -0.804. The van der Waals surface area contributed by atoms with Gasteiger partial charge in [-0.1, -0.05) is 31.0 Å². The Balaban J connectivity index is 1.53. The van der Waals surface area contributed by atoms with Crippen LogP contribution in [0.15, 0.2) is 54.3 Å². The molecular weight excluding hydrogens is 302 g/mol. The van der Waals surface area contributed by atoms with E-state index in [2.05, 4.69) is 13.2 Å². The molecule has 0 bridgehead atoms. The molecule has 0 aliphatic carbocycles. The Labute approximate surface area is 144 Å². The van der Waals surface area contributed by atoms with E-state index in [1.165, 1.54) is 19.3 Å². The van der Waals surface area contributed by atoms with Crippen molar-refractivity contribution >= 4 is 5.97 Å². The molecule has 0 aromatic heterocycles. The van der Waals surface area contributed by atoms with E-state index in [4.69, 9.17) is 9.84 Å². The molecule has 1 heterocycles. The number of hydrogen-bond acceptors (Lipinski definition) is 2. The lowest BCUT2D eigenvalue weighted by atomic mass is 10.1. The van der Waals surface area contributed by atoms with Crippen LogP contribution in [0.5, 0.6) is 5.75 Å². The van der Waals surface area contributed by atoms with Crippen LogP contribution in [0.2, 0.25) is 0 Å². The monoisotopic (exact) mass is 330 g/mol. The summed E-state index contributed by atoms with van der Waals surface area (Å²) in [6, 6.07) is 9.92. The number of allylic oxidation sites excluding steroid dienone is 2. The first-order valence-electron chi connectivity index (χ1n) is 8.73. The molecule has 1 aliphatic heterocycles. The highest BCUT2D eigenvalue weighted by Crippen LogP contribution is 2.17. The Bertz CT molecular complexity index is 580. The van der Waals surface area contributed by atoms with Crippen LogP contribution in [0, 0.1) is 0 Å². The predicted molar refractivity (Wildman–Crippen MR) is 95.8 cm³/mol. The van der Waals surface area contributed by atoms with Gasteiger partial charge in [-0.2, -0.15) is 0 Å². The zero-order valence-corrected chi connectivity index (χ0v) is 14.5. The van der Waals surface area contributed by atoms with Gasteiger partial charge in [0.15, 0.2) is 0 Å².